The maximum Gasteiger partial charge on any atom is 0.128 e. The van der Waals surface area contributed by atoms with Crippen molar-refractivity contribution in [1.29, 1.82) is 0 Å². The van der Waals surface area contributed by atoms with Crippen molar-refractivity contribution < 1.29 is 8.78 Å². The molecule has 0 aromatic heterocycles. The van der Waals surface area contributed by atoms with E-state index in [9.17, 15) is 8.78 Å². The smallest absolute Gasteiger partial charge is 0.128 e. The number of halogens is 4. The van der Waals surface area contributed by atoms with E-state index in [4.69, 9.17) is 23.2 Å². The van der Waals surface area contributed by atoms with Gasteiger partial charge in [0.1, 0.15) is 11.6 Å². The molecule has 0 N–H and O–H groups in total. The maximum atomic E-state index is 13.3. The predicted molar refractivity (Wildman–Crippen MR) is 162 cm³/mol. The molecule has 4 heteroatoms. The number of hydrogen-bond acceptors (Lipinski definition) is 0. The normalized spacial score (nSPS) is 11.4. The van der Waals surface area contributed by atoms with E-state index in [1.807, 2.05) is 66.7 Å². The molecule has 0 heterocycles. The summed E-state index contributed by atoms with van der Waals surface area (Å²) in [6.45, 7) is 22.5. The molecule has 0 saturated heterocycles. The molecule has 0 atom stereocenters. The van der Waals surface area contributed by atoms with Crippen molar-refractivity contribution in [3.8, 4) is 0 Å². The highest BCUT2D eigenvalue weighted by Gasteiger charge is 2.21. The standard InChI is InChI=1S/C11H15Cl.C11H15F.C10H12ClF.CH4/c2*1-8-6-5-7-9(12)10(8)11(2,3)4;1-10(2,3)9-7(11)5-4-6-8(9)12;/h2*5-7H,1-4H3;4-6H,1-3H3;1H4. The minimum absolute atomic E-state index is 0. The third-order valence-corrected chi connectivity index (χ3v) is 6.29. The molecule has 0 radical (unpaired) electrons. The highest BCUT2D eigenvalue weighted by molar-refractivity contribution is 6.31. The lowest BCUT2D eigenvalue weighted by Gasteiger charge is -2.22. The summed E-state index contributed by atoms with van der Waals surface area (Å²) < 4.78 is 26.6. The summed E-state index contributed by atoms with van der Waals surface area (Å²) in [6, 6.07) is 16.0. The monoisotopic (exact) mass is 550 g/mol. The van der Waals surface area contributed by atoms with Crippen molar-refractivity contribution in [3.63, 3.8) is 0 Å². The van der Waals surface area contributed by atoms with E-state index in [-0.39, 0.29) is 35.3 Å². The molecule has 0 aliphatic heterocycles. The second-order valence-electron chi connectivity index (χ2n) is 12.2. The molecule has 0 fully saturated rings. The van der Waals surface area contributed by atoms with Gasteiger partial charge < -0.3 is 0 Å². The second-order valence-corrected chi connectivity index (χ2v) is 13.0. The van der Waals surface area contributed by atoms with Gasteiger partial charge in [-0.2, -0.15) is 0 Å². The Labute approximate surface area is 235 Å². The maximum absolute atomic E-state index is 13.3. The Hall–Kier alpha value is -1.90. The van der Waals surface area contributed by atoms with Gasteiger partial charge in [-0.1, -0.05) is 123 Å². The van der Waals surface area contributed by atoms with Crippen LogP contribution in [0.5, 0.6) is 0 Å². The molecule has 0 aliphatic rings. The summed E-state index contributed by atoms with van der Waals surface area (Å²) in [5.41, 5.74) is 4.78. The second kappa shape index (κ2) is 13.8. The zero-order valence-corrected chi connectivity index (χ0v) is 25.2. The van der Waals surface area contributed by atoms with E-state index in [0.29, 0.717) is 10.6 Å². The topological polar surface area (TPSA) is 0 Å². The first-order chi connectivity index (χ1) is 16.3. The Morgan fingerprint density at radius 3 is 1.03 bits per heavy atom. The minimum Gasteiger partial charge on any atom is -0.207 e. The van der Waals surface area contributed by atoms with Crippen molar-refractivity contribution >= 4 is 23.2 Å². The molecular weight excluding hydrogens is 505 g/mol. The van der Waals surface area contributed by atoms with Crippen LogP contribution in [-0.4, -0.2) is 0 Å². The summed E-state index contributed by atoms with van der Waals surface area (Å²) in [4.78, 5) is 0. The van der Waals surface area contributed by atoms with Crippen LogP contribution in [0.2, 0.25) is 10.0 Å². The van der Waals surface area contributed by atoms with Gasteiger partial charge in [-0.15, -0.1) is 0 Å². The molecule has 0 aliphatic carbocycles. The van der Waals surface area contributed by atoms with Gasteiger partial charge in [0.2, 0.25) is 0 Å². The van der Waals surface area contributed by atoms with Crippen LogP contribution in [-0.2, 0) is 16.2 Å². The lowest BCUT2D eigenvalue weighted by atomic mass is 9.84. The Kier molecular flexibility index (Phi) is 13.1. The average Bonchev–Trinajstić information content (AvgIpc) is 2.65. The van der Waals surface area contributed by atoms with Crippen molar-refractivity contribution in [2.75, 3.05) is 0 Å². The molecule has 0 amide bonds. The lowest BCUT2D eigenvalue weighted by molar-refractivity contribution is 0.519. The van der Waals surface area contributed by atoms with E-state index < -0.39 is 0 Å². The van der Waals surface area contributed by atoms with Crippen molar-refractivity contribution in [2.45, 2.75) is 99.8 Å². The molecule has 0 saturated carbocycles. The van der Waals surface area contributed by atoms with Crippen molar-refractivity contribution in [3.05, 3.63) is 104 Å². The molecule has 3 aromatic rings. The first kappa shape index (κ1) is 35.1. The lowest BCUT2D eigenvalue weighted by Crippen LogP contribution is -2.15. The Morgan fingerprint density at radius 1 is 0.486 bits per heavy atom. The largest absolute Gasteiger partial charge is 0.207 e. The Morgan fingerprint density at radius 2 is 0.784 bits per heavy atom. The predicted octanol–water partition coefficient (Wildman–Crippen LogP) is 11.8. The van der Waals surface area contributed by atoms with Gasteiger partial charge >= 0.3 is 0 Å². The summed E-state index contributed by atoms with van der Waals surface area (Å²) in [6.07, 6.45) is 0. The molecule has 0 bridgehead atoms. The zero-order chi connectivity index (χ0) is 28.1. The summed E-state index contributed by atoms with van der Waals surface area (Å²) in [7, 11) is 0. The molecule has 0 unspecified atom stereocenters. The number of aryl methyl sites for hydroxylation is 2. The van der Waals surface area contributed by atoms with Crippen LogP contribution in [0.15, 0.2) is 54.6 Å². The van der Waals surface area contributed by atoms with E-state index >= 15 is 0 Å². The van der Waals surface area contributed by atoms with Gasteiger partial charge in [0.15, 0.2) is 0 Å². The number of hydrogen-bond donors (Lipinski definition) is 0. The number of benzene rings is 3. The van der Waals surface area contributed by atoms with Gasteiger partial charge in [0.05, 0.1) is 0 Å². The van der Waals surface area contributed by atoms with E-state index in [2.05, 4.69) is 33.8 Å². The fraction of sp³-hybridized carbons (Fsp3) is 0.455. The van der Waals surface area contributed by atoms with E-state index in [0.717, 1.165) is 16.1 Å². The van der Waals surface area contributed by atoms with Crippen LogP contribution in [0.1, 0.15) is 97.6 Å². The van der Waals surface area contributed by atoms with Crippen molar-refractivity contribution in [2.24, 2.45) is 0 Å². The molecule has 3 aromatic carbocycles. The van der Waals surface area contributed by atoms with Crippen LogP contribution >= 0.6 is 23.2 Å². The molecule has 37 heavy (non-hydrogen) atoms. The molecule has 0 nitrogen and oxygen atoms in total. The summed E-state index contributed by atoms with van der Waals surface area (Å²) >= 11 is 12.0. The van der Waals surface area contributed by atoms with Crippen molar-refractivity contribution in [1.82, 2.24) is 0 Å². The third-order valence-electron chi connectivity index (χ3n) is 5.66. The highest BCUT2D eigenvalue weighted by atomic mass is 35.5. The number of rotatable bonds is 0. The van der Waals surface area contributed by atoms with Crippen LogP contribution < -0.4 is 0 Å². The summed E-state index contributed by atoms with van der Waals surface area (Å²) in [5.74, 6) is -0.322. The van der Waals surface area contributed by atoms with Gasteiger partial charge in [-0.3, -0.25) is 0 Å². The first-order valence-electron chi connectivity index (χ1n) is 12.2. The van der Waals surface area contributed by atoms with Gasteiger partial charge in [-0.05, 0) is 76.6 Å². The Balaban J connectivity index is 0.000000518. The third kappa shape index (κ3) is 10.4. The first-order valence-corrected chi connectivity index (χ1v) is 13.0. The Bertz CT molecular complexity index is 937. The van der Waals surface area contributed by atoms with Crippen LogP contribution in [0.3, 0.4) is 0 Å². The molecule has 3 rings (SSSR count). The quantitative estimate of drug-likeness (QED) is 0.261. The fourth-order valence-corrected chi connectivity index (χ4v) is 5.33. The van der Waals surface area contributed by atoms with E-state index in [1.165, 1.54) is 23.3 Å². The van der Waals surface area contributed by atoms with E-state index in [1.54, 1.807) is 18.2 Å². The minimum atomic E-state index is -0.234. The molecular formula is C33H46Cl2F2. The van der Waals surface area contributed by atoms with Gasteiger partial charge in [0.25, 0.3) is 0 Å². The average molecular weight is 552 g/mol. The zero-order valence-electron chi connectivity index (χ0n) is 23.7. The highest BCUT2D eigenvalue weighted by Crippen LogP contribution is 2.32. The molecule has 206 valence electrons. The summed E-state index contributed by atoms with van der Waals surface area (Å²) in [5, 5.41) is 1.38. The SMILES string of the molecule is C.CC(C)(C)c1c(F)cccc1Cl.Cc1cccc(Cl)c1C(C)(C)C.Cc1cccc(F)c1C(C)(C)C. The van der Waals surface area contributed by atoms with Gasteiger partial charge in [-0.25, -0.2) is 8.78 Å². The van der Waals surface area contributed by atoms with Crippen LogP contribution in [0, 0.1) is 25.5 Å². The fourth-order valence-electron chi connectivity index (χ4n) is 4.38. The molecule has 0 spiro atoms. The van der Waals surface area contributed by atoms with Crippen LogP contribution in [0.25, 0.3) is 0 Å². The van der Waals surface area contributed by atoms with Crippen LogP contribution in [0.4, 0.5) is 8.78 Å². The van der Waals surface area contributed by atoms with Gasteiger partial charge in [0, 0.05) is 15.6 Å².